The summed E-state index contributed by atoms with van der Waals surface area (Å²) >= 11 is 0. The van der Waals surface area contributed by atoms with Crippen molar-refractivity contribution < 1.29 is 0 Å². The molecule has 3 nitrogen and oxygen atoms in total. The molecule has 0 atom stereocenters. The van der Waals surface area contributed by atoms with Gasteiger partial charge in [-0.1, -0.05) is 152 Å². The zero-order valence-electron chi connectivity index (χ0n) is 31.1. The SMILES string of the molecule is C1=CC(c2cc(-c3ccccc3)nc(-n3c4c(c5ccc(-c6cccc7c8ccccc8n(-c8cccc(-c9ccccc9)c8)c67)cc53)C=CCC4)c2)=CCC1. The molecule has 2 aliphatic rings. The van der Waals surface area contributed by atoms with Crippen molar-refractivity contribution in [3.8, 4) is 45.0 Å². The van der Waals surface area contributed by atoms with E-state index in [-0.39, 0.29) is 0 Å². The van der Waals surface area contributed by atoms with Gasteiger partial charge in [-0.3, -0.25) is 4.57 Å². The third-order valence-electron chi connectivity index (χ3n) is 11.6. The number of benzene rings is 6. The van der Waals surface area contributed by atoms with E-state index in [1.807, 2.05) is 0 Å². The van der Waals surface area contributed by atoms with Crippen molar-refractivity contribution in [1.82, 2.24) is 14.1 Å². The number of fused-ring (bicyclic) bond motifs is 6. The molecule has 56 heavy (non-hydrogen) atoms. The molecular formula is C53H39N3. The van der Waals surface area contributed by atoms with Gasteiger partial charge < -0.3 is 4.57 Å². The molecule has 0 saturated carbocycles. The average molecular weight is 718 g/mol. The number of allylic oxidation sites excluding steroid dienone is 5. The van der Waals surface area contributed by atoms with E-state index in [4.69, 9.17) is 4.98 Å². The van der Waals surface area contributed by atoms with Gasteiger partial charge in [-0.05, 0) is 89.9 Å². The molecule has 0 fully saturated rings. The fraction of sp³-hybridized carbons (Fsp3) is 0.0755. The second-order valence-corrected chi connectivity index (χ2v) is 14.9. The zero-order valence-corrected chi connectivity index (χ0v) is 31.1. The number of hydrogen-bond donors (Lipinski definition) is 0. The lowest BCUT2D eigenvalue weighted by Crippen LogP contribution is -2.06. The summed E-state index contributed by atoms with van der Waals surface area (Å²) in [6.45, 7) is 0. The molecule has 0 aliphatic heterocycles. The highest BCUT2D eigenvalue weighted by atomic mass is 15.1. The van der Waals surface area contributed by atoms with Crippen molar-refractivity contribution in [2.24, 2.45) is 0 Å². The quantitative estimate of drug-likeness (QED) is 0.168. The van der Waals surface area contributed by atoms with Crippen LogP contribution in [0.25, 0.3) is 89.4 Å². The van der Waals surface area contributed by atoms with Gasteiger partial charge in [0, 0.05) is 44.2 Å². The molecule has 0 spiro atoms. The maximum atomic E-state index is 5.45. The molecular weight excluding hydrogens is 679 g/mol. The Balaban J connectivity index is 1.16. The Morgan fingerprint density at radius 1 is 0.464 bits per heavy atom. The largest absolute Gasteiger partial charge is 0.309 e. The van der Waals surface area contributed by atoms with E-state index in [0.717, 1.165) is 48.4 Å². The number of aromatic nitrogens is 3. The lowest BCUT2D eigenvalue weighted by Gasteiger charge is -2.17. The lowest BCUT2D eigenvalue weighted by molar-refractivity contribution is 0.871. The van der Waals surface area contributed by atoms with Crippen LogP contribution in [0.3, 0.4) is 0 Å². The highest BCUT2D eigenvalue weighted by molar-refractivity contribution is 6.14. The minimum Gasteiger partial charge on any atom is -0.309 e. The zero-order chi connectivity index (χ0) is 37.0. The van der Waals surface area contributed by atoms with Crippen LogP contribution in [-0.2, 0) is 6.42 Å². The van der Waals surface area contributed by atoms with Crippen LogP contribution in [0.2, 0.25) is 0 Å². The summed E-state index contributed by atoms with van der Waals surface area (Å²) in [5.74, 6) is 0.963. The number of pyridine rings is 1. The second-order valence-electron chi connectivity index (χ2n) is 14.9. The van der Waals surface area contributed by atoms with Crippen molar-refractivity contribution in [3.63, 3.8) is 0 Å². The van der Waals surface area contributed by atoms with Crippen LogP contribution in [0.4, 0.5) is 0 Å². The van der Waals surface area contributed by atoms with E-state index in [1.54, 1.807) is 0 Å². The normalized spacial score (nSPS) is 13.8. The highest BCUT2D eigenvalue weighted by Gasteiger charge is 2.23. The number of nitrogens with zero attached hydrogens (tertiary/aromatic N) is 3. The van der Waals surface area contributed by atoms with Gasteiger partial charge in [-0.2, -0.15) is 0 Å². The Morgan fingerprint density at radius 2 is 1.23 bits per heavy atom. The molecule has 2 aliphatic carbocycles. The third kappa shape index (κ3) is 5.39. The molecule has 0 N–H and O–H groups in total. The molecule has 3 heteroatoms. The van der Waals surface area contributed by atoms with Crippen LogP contribution in [0.1, 0.15) is 36.1 Å². The standard InChI is InChI=1S/C53H39N3/c1-4-16-36(17-5-1)39-22-14-23-42(32-39)55-49-28-12-11-25-45(49)47-27-15-26-43(53(47)55)40-30-31-46-44-24-10-13-29-50(44)56(51(46)34-40)52-35-41(37-18-6-2-7-19-37)33-48(54-52)38-20-8-3-9-21-38/h1,3-6,8-12,14-28,30-35H,2,7,13,29H2. The minimum absolute atomic E-state index is 0.963. The monoisotopic (exact) mass is 717 g/mol. The topological polar surface area (TPSA) is 22.8 Å². The Morgan fingerprint density at radius 3 is 2.09 bits per heavy atom. The van der Waals surface area contributed by atoms with Gasteiger partial charge in [-0.15, -0.1) is 0 Å². The van der Waals surface area contributed by atoms with Crippen molar-refractivity contribution in [2.75, 3.05) is 0 Å². The second kappa shape index (κ2) is 13.4. The van der Waals surface area contributed by atoms with E-state index in [9.17, 15) is 0 Å². The van der Waals surface area contributed by atoms with Gasteiger partial charge in [0.05, 0.1) is 22.2 Å². The first kappa shape index (κ1) is 32.5. The van der Waals surface area contributed by atoms with Gasteiger partial charge in [0.15, 0.2) is 0 Å². The molecule has 0 bridgehead atoms. The van der Waals surface area contributed by atoms with Gasteiger partial charge in [0.25, 0.3) is 0 Å². The number of para-hydroxylation sites is 2. The van der Waals surface area contributed by atoms with Gasteiger partial charge in [0.2, 0.25) is 0 Å². The molecule has 3 heterocycles. The van der Waals surface area contributed by atoms with Crippen molar-refractivity contribution in [1.29, 1.82) is 0 Å². The lowest BCUT2D eigenvalue weighted by atomic mass is 9.98. The Hall–Kier alpha value is -6.97. The molecule has 0 saturated heterocycles. The Labute approximate surface area is 326 Å². The summed E-state index contributed by atoms with van der Waals surface area (Å²) < 4.78 is 4.92. The fourth-order valence-electron chi connectivity index (χ4n) is 9.00. The summed E-state index contributed by atoms with van der Waals surface area (Å²) in [5.41, 5.74) is 16.7. The first-order valence-corrected chi connectivity index (χ1v) is 19.8. The van der Waals surface area contributed by atoms with Gasteiger partial charge in [0.1, 0.15) is 5.82 Å². The average Bonchev–Trinajstić information content (AvgIpc) is 3.80. The molecule has 0 amide bonds. The number of rotatable bonds is 6. The van der Waals surface area contributed by atoms with Gasteiger partial charge >= 0.3 is 0 Å². The van der Waals surface area contributed by atoms with E-state index in [0.29, 0.717) is 0 Å². The van der Waals surface area contributed by atoms with E-state index in [1.165, 1.54) is 77.4 Å². The van der Waals surface area contributed by atoms with Crippen molar-refractivity contribution >= 4 is 44.4 Å². The predicted octanol–water partition coefficient (Wildman–Crippen LogP) is 13.8. The van der Waals surface area contributed by atoms with Crippen LogP contribution < -0.4 is 0 Å². The summed E-state index contributed by atoms with van der Waals surface area (Å²) in [7, 11) is 0. The molecule has 9 aromatic rings. The van der Waals surface area contributed by atoms with Crippen LogP contribution in [0, 0.1) is 0 Å². The Kier molecular flexibility index (Phi) is 7.77. The predicted molar refractivity (Wildman–Crippen MR) is 235 cm³/mol. The van der Waals surface area contributed by atoms with E-state index < -0.39 is 0 Å². The first-order chi connectivity index (χ1) is 27.8. The van der Waals surface area contributed by atoms with Crippen LogP contribution >= 0.6 is 0 Å². The summed E-state index contributed by atoms with van der Waals surface area (Å²) in [5, 5.41) is 3.75. The molecule has 266 valence electrons. The number of hydrogen-bond acceptors (Lipinski definition) is 1. The summed E-state index contributed by atoms with van der Waals surface area (Å²) in [6.07, 6.45) is 15.7. The van der Waals surface area contributed by atoms with E-state index >= 15 is 0 Å². The smallest absolute Gasteiger partial charge is 0.138 e. The first-order valence-electron chi connectivity index (χ1n) is 19.8. The Bertz CT molecular complexity index is 3060. The molecule has 0 radical (unpaired) electrons. The summed E-state index contributed by atoms with van der Waals surface area (Å²) in [6, 6.07) is 57.5. The van der Waals surface area contributed by atoms with Gasteiger partial charge in [-0.25, -0.2) is 4.98 Å². The maximum Gasteiger partial charge on any atom is 0.138 e. The maximum absolute atomic E-state index is 5.45. The van der Waals surface area contributed by atoms with Crippen molar-refractivity contribution in [2.45, 2.75) is 25.7 Å². The molecule has 3 aromatic heterocycles. The molecule has 11 rings (SSSR count). The third-order valence-corrected chi connectivity index (χ3v) is 11.6. The van der Waals surface area contributed by atoms with Crippen LogP contribution in [0.5, 0.6) is 0 Å². The minimum atomic E-state index is 0.963. The summed E-state index contributed by atoms with van der Waals surface area (Å²) in [4.78, 5) is 5.45. The molecule has 0 unspecified atom stereocenters. The van der Waals surface area contributed by atoms with E-state index in [2.05, 4.69) is 197 Å². The van der Waals surface area contributed by atoms with Crippen LogP contribution in [0.15, 0.2) is 182 Å². The van der Waals surface area contributed by atoms with Crippen LogP contribution in [-0.4, -0.2) is 14.1 Å². The fourth-order valence-corrected chi connectivity index (χ4v) is 9.00. The van der Waals surface area contributed by atoms with Crippen molar-refractivity contribution in [3.05, 3.63) is 199 Å². The molecule has 6 aromatic carbocycles. The highest BCUT2D eigenvalue weighted by Crippen LogP contribution is 2.42.